The Bertz CT molecular complexity index is 2130. The minimum absolute atomic E-state index is 0. The Morgan fingerprint density at radius 2 is 1.42 bits per heavy atom. The topological polar surface area (TPSA) is 50.2 Å². The molecule has 0 amide bonds. The van der Waals surface area contributed by atoms with Gasteiger partial charge in [0.05, 0.1) is 0 Å². The van der Waals surface area contributed by atoms with E-state index in [1.54, 1.807) is 0 Å². The molecule has 0 unspecified atom stereocenters. The maximum Gasteiger partial charge on any atom is 0.164 e. The summed E-state index contributed by atoms with van der Waals surface area (Å²) in [6.07, 6.45) is 5.86. The number of carbonyl (C=O) groups is 1. The van der Waals surface area contributed by atoms with E-state index in [-0.39, 0.29) is 47.9 Å². The number of pyridine rings is 1. The predicted molar refractivity (Wildman–Crippen MR) is 236 cm³/mol. The molecular formula is C50H66IrNO2S-. The van der Waals surface area contributed by atoms with E-state index in [9.17, 15) is 9.90 Å². The van der Waals surface area contributed by atoms with Crippen molar-refractivity contribution in [1.82, 2.24) is 4.98 Å². The first kappa shape index (κ1) is 46.3. The Balaban J connectivity index is 0.000000385. The van der Waals surface area contributed by atoms with Crippen LogP contribution >= 0.6 is 11.3 Å². The van der Waals surface area contributed by atoms with Crippen LogP contribution in [0, 0.1) is 50.5 Å². The molecule has 3 nitrogen and oxygen atoms in total. The van der Waals surface area contributed by atoms with E-state index in [1.165, 1.54) is 60.7 Å². The molecule has 0 aliphatic rings. The molecule has 5 aromatic rings. The quantitative estimate of drug-likeness (QED) is 0.0815. The number of aryl methyl sites for hydroxylation is 4. The molecule has 3 aromatic carbocycles. The molecule has 5 rings (SSSR count). The van der Waals surface area contributed by atoms with E-state index in [1.807, 2.05) is 52.9 Å². The summed E-state index contributed by atoms with van der Waals surface area (Å²) in [5.41, 5.74) is 10.9. The van der Waals surface area contributed by atoms with Gasteiger partial charge in [-0.2, -0.15) is 0 Å². The number of ketones is 1. The number of thiophene rings is 1. The number of nitrogens with zero attached hydrogens (tertiary/aromatic N) is 1. The van der Waals surface area contributed by atoms with Gasteiger partial charge in [0.1, 0.15) is 10.6 Å². The van der Waals surface area contributed by atoms with Crippen LogP contribution in [0.4, 0.5) is 0 Å². The van der Waals surface area contributed by atoms with Crippen molar-refractivity contribution in [3.05, 3.63) is 99.1 Å². The van der Waals surface area contributed by atoms with Crippen LogP contribution in [0.2, 0.25) is 0 Å². The van der Waals surface area contributed by atoms with Crippen LogP contribution in [0.15, 0.2) is 60.4 Å². The van der Waals surface area contributed by atoms with Crippen LogP contribution < -0.4 is 0 Å². The van der Waals surface area contributed by atoms with Crippen LogP contribution in [0.5, 0.6) is 0 Å². The van der Waals surface area contributed by atoms with E-state index in [0.717, 1.165) is 53.6 Å². The number of hydrogen-bond acceptors (Lipinski definition) is 4. The van der Waals surface area contributed by atoms with Gasteiger partial charge in [-0.3, -0.25) is 9.78 Å². The molecule has 0 saturated carbocycles. The number of hydrogen-bond donors (Lipinski definition) is 1. The van der Waals surface area contributed by atoms with E-state index >= 15 is 0 Å². The summed E-state index contributed by atoms with van der Waals surface area (Å²) in [6.45, 7) is 32.5. The zero-order chi connectivity index (χ0) is 40.3. The Morgan fingerprint density at radius 3 is 1.95 bits per heavy atom. The normalized spacial score (nSPS) is 12.5. The first-order chi connectivity index (χ1) is 25.2. The number of benzene rings is 3. The molecule has 0 atom stereocenters. The van der Waals surface area contributed by atoms with Crippen molar-refractivity contribution in [2.75, 3.05) is 0 Å². The third kappa shape index (κ3) is 10.1. The van der Waals surface area contributed by atoms with Crippen LogP contribution in [-0.4, -0.2) is 15.9 Å². The largest absolute Gasteiger partial charge is 0.512 e. The molecule has 5 heteroatoms. The number of aliphatic hydroxyl groups is 1. The van der Waals surface area contributed by atoms with Gasteiger partial charge >= 0.3 is 0 Å². The standard InChI is InChI=1S/C35H38NS.C15H28O2.Ir/c1-20(2)14-25-15-21(3)32(22(4)16-25)29-19-31(36-34-33(29)23(5)24(6)37-34)27-17-26-12-10-11-13-28(26)30(18-27)35(7,8)9;1-7-14(5,8-2)12(16)11-13(17)15(6,9-3)10-4;/h10-13,15-16,18-20H,14H2,1-9H3;11,16H,7-10H2,1-6H3;/q-1;;/b;12-11-;. The fraction of sp³-hybridized carbons (Fsp3) is 0.480. The van der Waals surface area contributed by atoms with Crippen LogP contribution in [0.25, 0.3) is 43.4 Å². The first-order valence-corrected chi connectivity index (χ1v) is 21.0. The van der Waals surface area contributed by atoms with Gasteiger partial charge < -0.3 is 5.11 Å². The number of fused-ring (bicyclic) bond motifs is 2. The summed E-state index contributed by atoms with van der Waals surface area (Å²) in [5.74, 6) is 0.930. The molecule has 1 N–H and O–H groups in total. The Labute approximate surface area is 350 Å². The minimum atomic E-state index is -0.337. The van der Waals surface area contributed by atoms with Gasteiger partial charge in [-0.25, -0.2) is 0 Å². The van der Waals surface area contributed by atoms with Crippen molar-refractivity contribution in [1.29, 1.82) is 0 Å². The van der Waals surface area contributed by atoms with Crippen LogP contribution in [0.1, 0.15) is 135 Å². The fourth-order valence-electron chi connectivity index (χ4n) is 7.43. The van der Waals surface area contributed by atoms with Gasteiger partial charge in [0.25, 0.3) is 0 Å². The summed E-state index contributed by atoms with van der Waals surface area (Å²) < 4.78 is 0. The summed E-state index contributed by atoms with van der Waals surface area (Å²) in [5, 5.41) is 13.9. The SMILES string of the molecule is CCC(C)(CC)C(=O)/C=C(\O)C(C)(CC)CC.Cc1cc(CC(C)C)cc(C)c1-c1cc(-c2[c-]c3ccccc3c(C(C)(C)C)c2)nc2sc(C)c(C)c12.[Ir]. The second-order valence-electron chi connectivity index (χ2n) is 17.5. The second kappa shape index (κ2) is 18.4. The van der Waals surface area contributed by atoms with Crippen molar-refractivity contribution < 1.29 is 30.0 Å². The van der Waals surface area contributed by atoms with E-state index in [4.69, 9.17) is 4.98 Å². The van der Waals surface area contributed by atoms with Gasteiger partial charge in [-0.1, -0.05) is 124 Å². The summed E-state index contributed by atoms with van der Waals surface area (Å²) in [7, 11) is 0. The van der Waals surface area contributed by atoms with Gasteiger partial charge in [-0.15, -0.1) is 40.5 Å². The van der Waals surface area contributed by atoms with Crippen LogP contribution in [0.3, 0.4) is 0 Å². The number of allylic oxidation sites excluding steroid dienone is 2. The van der Waals surface area contributed by atoms with E-state index < -0.39 is 0 Å². The Kier molecular flexibility index (Phi) is 15.5. The molecule has 55 heavy (non-hydrogen) atoms. The van der Waals surface area contributed by atoms with Gasteiger partial charge in [0, 0.05) is 53.0 Å². The summed E-state index contributed by atoms with van der Waals surface area (Å²) in [4.78, 5) is 19.9. The number of carbonyl (C=O) groups excluding carboxylic acids is 1. The monoisotopic (exact) mass is 937 g/mol. The average Bonchev–Trinajstić information content (AvgIpc) is 3.41. The minimum Gasteiger partial charge on any atom is -0.512 e. The van der Waals surface area contributed by atoms with Crippen molar-refractivity contribution in [2.24, 2.45) is 16.7 Å². The summed E-state index contributed by atoms with van der Waals surface area (Å²) >= 11 is 1.81. The zero-order valence-electron chi connectivity index (χ0n) is 36.4. The molecular weight excluding hydrogens is 871 g/mol. The third-order valence-corrected chi connectivity index (χ3v) is 13.2. The molecule has 0 aliphatic carbocycles. The Hall–Kier alpha value is -3.11. The van der Waals surface area contributed by atoms with Gasteiger partial charge in [-0.05, 0) is 105 Å². The molecule has 0 bridgehead atoms. The predicted octanol–water partition coefficient (Wildman–Crippen LogP) is 15.0. The molecule has 1 radical (unpaired) electrons. The number of aliphatic hydroxyl groups excluding tert-OH is 1. The zero-order valence-corrected chi connectivity index (χ0v) is 39.6. The third-order valence-electron chi connectivity index (χ3n) is 12.1. The van der Waals surface area contributed by atoms with Crippen molar-refractivity contribution in [2.45, 2.75) is 141 Å². The van der Waals surface area contributed by atoms with Crippen LogP contribution in [-0.2, 0) is 36.7 Å². The average molecular weight is 937 g/mol. The Morgan fingerprint density at radius 1 is 0.855 bits per heavy atom. The smallest absolute Gasteiger partial charge is 0.164 e. The number of aromatic nitrogens is 1. The van der Waals surface area contributed by atoms with Crippen molar-refractivity contribution in [3.63, 3.8) is 0 Å². The van der Waals surface area contributed by atoms with Crippen molar-refractivity contribution in [3.8, 4) is 22.4 Å². The second-order valence-corrected chi connectivity index (χ2v) is 18.7. The van der Waals surface area contributed by atoms with Gasteiger partial charge in [0.2, 0.25) is 0 Å². The number of rotatable bonds is 11. The maximum absolute atomic E-state index is 12.2. The molecule has 2 heterocycles. The fourth-order valence-corrected chi connectivity index (χ4v) is 8.48. The van der Waals surface area contributed by atoms with Gasteiger partial charge in [0.15, 0.2) is 5.78 Å². The molecule has 2 aromatic heterocycles. The maximum atomic E-state index is 12.2. The molecule has 0 fully saturated rings. The molecule has 299 valence electrons. The summed E-state index contributed by atoms with van der Waals surface area (Å²) in [6, 6.07) is 21.8. The van der Waals surface area contributed by atoms with Crippen molar-refractivity contribution >= 4 is 38.1 Å². The molecule has 0 aliphatic heterocycles. The van der Waals surface area contributed by atoms with E-state index in [2.05, 4.69) is 117 Å². The van der Waals surface area contributed by atoms with E-state index in [0.29, 0.717) is 5.92 Å². The molecule has 0 spiro atoms. The first-order valence-electron chi connectivity index (χ1n) is 20.2. The molecule has 0 saturated heterocycles.